The molecule has 0 radical (unpaired) electrons. The predicted octanol–water partition coefficient (Wildman–Crippen LogP) is -0.483. The quantitative estimate of drug-likeness (QED) is 0.663. The molecular weight excluding hydrogens is 234 g/mol. The molecule has 1 heterocycles. The molecule has 1 rings (SSSR count). The van der Waals surface area contributed by atoms with Crippen molar-refractivity contribution in [3.8, 4) is 0 Å². The molecule has 0 aromatic heterocycles. The summed E-state index contributed by atoms with van der Waals surface area (Å²) in [5.74, 6) is -6.04. The average Bonchev–Trinajstić information content (AvgIpc) is 2.71. The number of carbonyl (C=O) groups excluding carboxylic acids is 2. The molecule has 0 aromatic carbocycles. The van der Waals surface area contributed by atoms with Gasteiger partial charge in [-0.15, -0.1) is 0 Å². The third kappa shape index (κ3) is 2.14. The number of nitrogens with one attached hydrogen (secondary N) is 1. The van der Waals surface area contributed by atoms with Gasteiger partial charge in [0.15, 0.2) is 5.60 Å². The fourth-order valence-electron chi connectivity index (χ4n) is 1.74. The highest BCUT2D eigenvalue weighted by atomic mass is 19.3. The highest BCUT2D eigenvalue weighted by Gasteiger charge is 2.61. The van der Waals surface area contributed by atoms with Gasteiger partial charge in [-0.25, -0.2) is 0 Å². The summed E-state index contributed by atoms with van der Waals surface area (Å²) in [6, 6.07) is 0. The van der Waals surface area contributed by atoms with Crippen LogP contribution in [0, 0.1) is 0 Å². The number of carbonyl (C=O) groups is 2. The maximum Gasteiger partial charge on any atom is 0.354 e. The lowest BCUT2D eigenvalue weighted by Crippen LogP contribution is -2.58. The van der Waals surface area contributed by atoms with Gasteiger partial charge in [0.2, 0.25) is 5.91 Å². The number of halogens is 2. The molecule has 0 bridgehead atoms. The molecule has 0 aliphatic carbocycles. The summed E-state index contributed by atoms with van der Waals surface area (Å²) in [5.41, 5.74) is -2.52. The van der Waals surface area contributed by atoms with Crippen molar-refractivity contribution in [2.75, 3.05) is 20.1 Å². The van der Waals surface area contributed by atoms with Crippen LogP contribution >= 0.6 is 0 Å². The normalized spacial score (nSPS) is 24.6. The van der Waals surface area contributed by atoms with E-state index in [2.05, 4.69) is 6.58 Å². The molecule has 1 atom stereocenters. The van der Waals surface area contributed by atoms with Crippen LogP contribution in [0.15, 0.2) is 12.7 Å². The zero-order valence-electron chi connectivity index (χ0n) is 9.37. The molecule has 1 fully saturated rings. The second-order valence-electron chi connectivity index (χ2n) is 3.90. The van der Waals surface area contributed by atoms with Crippen LogP contribution in [0.3, 0.4) is 0 Å². The van der Waals surface area contributed by atoms with Crippen molar-refractivity contribution < 1.29 is 23.5 Å². The summed E-state index contributed by atoms with van der Waals surface area (Å²) >= 11 is 0. The Bertz CT molecular complexity index is 359. The molecule has 0 saturated carbocycles. The van der Waals surface area contributed by atoms with Gasteiger partial charge in [0.25, 0.3) is 5.91 Å². The van der Waals surface area contributed by atoms with E-state index in [0.717, 1.165) is 18.0 Å². The molecule has 1 aliphatic rings. The Kier molecular flexibility index (Phi) is 3.51. The smallest absolute Gasteiger partial charge is 0.354 e. The molecule has 96 valence electrons. The molecule has 1 unspecified atom stereocenters. The van der Waals surface area contributed by atoms with Crippen molar-refractivity contribution in [1.29, 1.82) is 0 Å². The molecule has 17 heavy (non-hydrogen) atoms. The number of rotatable bonds is 3. The molecule has 1 saturated heterocycles. The maximum atomic E-state index is 13.6. The van der Waals surface area contributed by atoms with Gasteiger partial charge >= 0.3 is 5.92 Å². The maximum absolute atomic E-state index is 13.6. The molecule has 7 heteroatoms. The van der Waals surface area contributed by atoms with E-state index < -0.39 is 29.9 Å². The van der Waals surface area contributed by atoms with Gasteiger partial charge in [0.05, 0.1) is 6.54 Å². The lowest BCUT2D eigenvalue weighted by Gasteiger charge is -2.30. The monoisotopic (exact) mass is 248 g/mol. The van der Waals surface area contributed by atoms with Crippen LogP contribution in [-0.4, -0.2) is 53.5 Å². The van der Waals surface area contributed by atoms with Gasteiger partial charge in [-0.05, 0) is 6.08 Å². The lowest BCUT2D eigenvalue weighted by molar-refractivity contribution is -0.188. The minimum Gasteiger partial charge on any atom is -0.381 e. The van der Waals surface area contributed by atoms with E-state index in [1.54, 1.807) is 5.32 Å². The molecule has 1 aliphatic heterocycles. The topological polar surface area (TPSA) is 69.6 Å². The summed E-state index contributed by atoms with van der Waals surface area (Å²) in [7, 11) is 1.06. The number of aliphatic hydroxyl groups is 1. The Hall–Kier alpha value is -1.50. The van der Waals surface area contributed by atoms with Gasteiger partial charge in [-0.3, -0.25) is 9.59 Å². The van der Waals surface area contributed by atoms with Crippen LogP contribution in [0.2, 0.25) is 0 Å². The summed E-state index contributed by atoms with van der Waals surface area (Å²) in [6.45, 7) is 2.61. The Morgan fingerprint density at radius 3 is 2.65 bits per heavy atom. The van der Waals surface area contributed by atoms with Gasteiger partial charge in [-0.1, -0.05) is 6.58 Å². The summed E-state index contributed by atoms with van der Waals surface area (Å²) < 4.78 is 27.2. The molecular formula is C10H14F2N2O3. The Morgan fingerprint density at radius 1 is 1.59 bits per heavy atom. The van der Waals surface area contributed by atoms with Crippen molar-refractivity contribution in [3.63, 3.8) is 0 Å². The number of amides is 2. The standard InChI is InChI=1S/C10H14F2N2O3/c1-3-7(15)14-5-4-9(17,6-14)10(11,12)8(16)13-2/h3,17H,1,4-6H2,2H3,(H,13,16). The van der Waals surface area contributed by atoms with E-state index in [9.17, 15) is 23.5 Å². The summed E-state index contributed by atoms with van der Waals surface area (Å²) in [6.07, 6.45) is 0.622. The molecule has 5 nitrogen and oxygen atoms in total. The number of β-amino-alcohol motifs (C(OH)–C–C–N with tert-alkyl or cyclic N) is 1. The van der Waals surface area contributed by atoms with Crippen molar-refractivity contribution in [3.05, 3.63) is 12.7 Å². The average molecular weight is 248 g/mol. The van der Waals surface area contributed by atoms with E-state index in [1.165, 1.54) is 0 Å². The fraction of sp³-hybridized carbons (Fsp3) is 0.600. The summed E-state index contributed by atoms with van der Waals surface area (Å²) in [5, 5.41) is 11.6. The van der Waals surface area contributed by atoms with Gasteiger partial charge < -0.3 is 15.3 Å². The molecule has 0 spiro atoms. The highest BCUT2D eigenvalue weighted by molar-refractivity contribution is 5.88. The van der Waals surface area contributed by atoms with Crippen molar-refractivity contribution >= 4 is 11.8 Å². The van der Waals surface area contributed by atoms with E-state index in [4.69, 9.17) is 0 Å². The Balaban J connectivity index is 2.88. The van der Waals surface area contributed by atoms with Crippen molar-refractivity contribution in [1.82, 2.24) is 10.2 Å². The number of likely N-dealkylation sites (tertiary alicyclic amines) is 1. The van der Waals surface area contributed by atoms with Crippen LogP contribution in [0.25, 0.3) is 0 Å². The predicted molar refractivity (Wildman–Crippen MR) is 55.4 cm³/mol. The third-order valence-corrected chi connectivity index (χ3v) is 2.83. The first kappa shape index (κ1) is 13.6. The lowest BCUT2D eigenvalue weighted by atomic mass is 9.94. The fourth-order valence-corrected chi connectivity index (χ4v) is 1.74. The Labute approximate surface area is 97.1 Å². The van der Waals surface area contributed by atoms with E-state index >= 15 is 0 Å². The van der Waals surface area contributed by atoms with Crippen LogP contribution in [-0.2, 0) is 9.59 Å². The summed E-state index contributed by atoms with van der Waals surface area (Å²) in [4.78, 5) is 23.3. The van der Waals surface area contributed by atoms with Crippen molar-refractivity contribution in [2.45, 2.75) is 17.9 Å². The number of hydrogen-bond donors (Lipinski definition) is 2. The number of hydrogen-bond acceptors (Lipinski definition) is 3. The van der Waals surface area contributed by atoms with Gasteiger partial charge in [-0.2, -0.15) is 8.78 Å². The van der Waals surface area contributed by atoms with Gasteiger partial charge in [0.1, 0.15) is 0 Å². The second kappa shape index (κ2) is 4.40. The zero-order valence-corrected chi connectivity index (χ0v) is 9.37. The first-order valence-electron chi connectivity index (χ1n) is 5.02. The Morgan fingerprint density at radius 2 is 2.18 bits per heavy atom. The second-order valence-corrected chi connectivity index (χ2v) is 3.90. The van der Waals surface area contributed by atoms with Crippen LogP contribution in [0.1, 0.15) is 6.42 Å². The third-order valence-electron chi connectivity index (χ3n) is 2.83. The SMILES string of the molecule is C=CC(=O)N1CCC(O)(C(F)(F)C(=O)NC)C1. The number of nitrogens with zero attached hydrogens (tertiary/aromatic N) is 1. The first-order valence-corrected chi connectivity index (χ1v) is 5.02. The first-order chi connectivity index (χ1) is 7.78. The zero-order chi connectivity index (χ0) is 13.3. The van der Waals surface area contributed by atoms with E-state index in [1.807, 2.05) is 0 Å². The van der Waals surface area contributed by atoms with E-state index in [-0.39, 0.29) is 13.0 Å². The molecule has 2 amide bonds. The van der Waals surface area contributed by atoms with Crippen LogP contribution < -0.4 is 5.32 Å². The van der Waals surface area contributed by atoms with Gasteiger partial charge in [0, 0.05) is 20.0 Å². The van der Waals surface area contributed by atoms with E-state index in [0.29, 0.717) is 0 Å². The number of alkyl halides is 2. The minimum atomic E-state index is -3.93. The highest BCUT2D eigenvalue weighted by Crippen LogP contribution is 2.36. The largest absolute Gasteiger partial charge is 0.381 e. The minimum absolute atomic E-state index is 0.0338. The van der Waals surface area contributed by atoms with Crippen molar-refractivity contribution in [2.24, 2.45) is 0 Å². The van der Waals surface area contributed by atoms with Crippen LogP contribution in [0.4, 0.5) is 8.78 Å². The van der Waals surface area contributed by atoms with Crippen LogP contribution in [0.5, 0.6) is 0 Å². The molecule has 0 aromatic rings. The molecule has 2 N–H and O–H groups in total.